The van der Waals surface area contributed by atoms with Gasteiger partial charge in [-0.1, -0.05) is 6.92 Å². The second-order valence-electron chi connectivity index (χ2n) is 4.33. The number of nitrogens with two attached hydrogens (primary N) is 1. The standard InChI is InChI=1S/C14H22INO3/c1-4-11(9-17)16-8-10-6-12(15)14(18-3)13(7-10)19-5-2/h6-7,11,16-17H,4-5,8-9H2,1-3H3/p+1/t11-/m0/s1. The molecule has 0 aliphatic carbocycles. The maximum Gasteiger partial charge on any atom is 0.174 e. The lowest BCUT2D eigenvalue weighted by molar-refractivity contribution is -0.706. The van der Waals surface area contributed by atoms with Crippen LogP contribution in [0.3, 0.4) is 0 Å². The van der Waals surface area contributed by atoms with Crippen molar-refractivity contribution in [2.45, 2.75) is 32.9 Å². The summed E-state index contributed by atoms with van der Waals surface area (Å²) < 4.78 is 12.0. The van der Waals surface area contributed by atoms with E-state index in [1.54, 1.807) is 7.11 Å². The van der Waals surface area contributed by atoms with Crippen LogP contribution in [-0.2, 0) is 6.54 Å². The Balaban J connectivity index is 2.84. The fraction of sp³-hybridized carbons (Fsp3) is 0.571. The summed E-state index contributed by atoms with van der Waals surface area (Å²) in [6, 6.07) is 4.38. The summed E-state index contributed by atoms with van der Waals surface area (Å²) in [6.07, 6.45) is 0.960. The van der Waals surface area contributed by atoms with Crippen LogP contribution < -0.4 is 14.8 Å². The van der Waals surface area contributed by atoms with E-state index < -0.39 is 0 Å². The topological polar surface area (TPSA) is 55.3 Å². The molecule has 0 aliphatic heterocycles. The van der Waals surface area contributed by atoms with E-state index in [-0.39, 0.29) is 12.6 Å². The van der Waals surface area contributed by atoms with Crippen LogP contribution in [-0.4, -0.2) is 31.5 Å². The lowest BCUT2D eigenvalue weighted by Crippen LogP contribution is -2.89. The van der Waals surface area contributed by atoms with Crippen LogP contribution in [0.5, 0.6) is 11.5 Å². The number of hydrogen-bond donors (Lipinski definition) is 2. The van der Waals surface area contributed by atoms with Crippen LogP contribution in [0.4, 0.5) is 0 Å². The quantitative estimate of drug-likeness (QED) is 0.673. The number of rotatable bonds is 8. The molecule has 3 N–H and O–H groups in total. The molecule has 0 saturated carbocycles. The van der Waals surface area contributed by atoms with Gasteiger partial charge in [-0.15, -0.1) is 0 Å². The van der Waals surface area contributed by atoms with E-state index in [1.807, 2.05) is 13.0 Å². The molecule has 0 aromatic heterocycles. The number of halogens is 1. The number of quaternary nitrogens is 1. The van der Waals surface area contributed by atoms with Crippen molar-refractivity contribution >= 4 is 22.6 Å². The Labute approximate surface area is 128 Å². The number of aliphatic hydroxyl groups is 1. The van der Waals surface area contributed by atoms with Crippen molar-refractivity contribution in [2.75, 3.05) is 20.3 Å². The first-order chi connectivity index (χ1) is 9.15. The number of methoxy groups -OCH3 is 1. The summed E-state index contributed by atoms with van der Waals surface area (Å²) in [5.41, 5.74) is 1.18. The largest absolute Gasteiger partial charge is 0.492 e. The van der Waals surface area contributed by atoms with Crippen LogP contribution in [0.1, 0.15) is 25.8 Å². The van der Waals surface area contributed by atoms with Gasteiger partial charge >= 0.3 is 0 Å². The molecular formula is C14H23INO3+. The third-order valence-electron chi connectivity index (χ3n) is 3.02. The number of ether oxygens (including phenoxy) is 2. The van der Waals surface area contributed by atoms with E-state index in [4.69, 9.17) is 9.47 Å². The predicted molar refractivity (Wildman–Crippen MR) is 83.7 cm³/mol. The smallest absolute Gasteiger partial charge is 0.174 e. The van der Waals surface area contributed by atoms with Crippen LogP contribution in [0.15, 0.2) is 12.1 Å². The van der Waals surface area contributed by atoms with Crippen molar-refractivity contribution in [3.8, 4) is 11.5 Å². The Morgan fingerprint density at radius 1 is 1.37 bits per heavy atom. The van der Waals surface area contributed by atoms with Gasteiger partial charge in [-0.25, -0.2) is 0 Å². The van der Waals surface area contributed by atoms with Gasteiger partial charge in [-0.2, -0.15) is 0 Å². The Kier molecular flexibility index (Phi) is 7.48. The normalized spacial score (nSPS) is 12.3. The van der Waals surface area contributed by atoms with Gasteiger partial charge < -0.3 is 19.9 Å². The van der Waals surface area contributed by atoms with Crippen LogP contribution >= 0.6 is 22.6 Å². The van der Waals surface area contributed by atoms with E-state index in [9.17, 15) is 5.11 Å². The van der Waals surface area contributed by atoms with E-state index >= 15 is 0 Å². The molecule has 0 unspecified atom stereocenters. The Morgan fingerprint density at radius 2 is 2.11 bits per heavy atom. The highest BCUT2D eigenvalue weighted by atomic mass is 127. The molecule has 0 saturated heterocycles. The van der Waals surface area contributed by atoms with E-state index in [0.29, 0.717) is 6.61 Å². The third kappa shape index (κ3) is 4.81. The van der Waals surface area contributed by atoms with Gasteiger partial charge in [0.05, 0.1) is 23.9 Å². The molecule has 0 aliphatic rings. The lowest BCUT2D eigenvalue weighted by atomic mass is 10.1. The van der Waals surface area contributed by atoms with Crippen LogP contribution in [0, 0.1) is 3.57 Å². The summed E-state index contributed by atoms with van der Waals surface area (Å²) >= 11 is 2.26. The molecule has 1 rings (SSSR count). The number of benzene rings is 1. The maximum absolute atomic E-state index is 9.20. The summed E-state index contributed by atoms with van der Waals surface area (Å²) in [5, 5.41) is 11.4. The van der Waals surface area contributed by atoms with Crippen molar-refractivity contribution in [3.05, 3.63) is 21.3 Å². The molecule has 0 spiro atoms. The number of aliphatic hydroxyl groups excluding tert-OH is 1. The Morgan fingerprint density at radius 3 is 2.63 bits per heavy atom. The first-order valence-corrected chi connectivity index (χ1v) is 7.67. The monoisotopic (exact) mass is 380 g/mol. The van der Waals surface area contributed by atoms with Crippen LogP contribution in [0.25, 0.3) is 0 Å². The molecule has 108 valence electrons. The van der Waals surface area contributed by atoms with E-state index in [1.165, 1.54) is 5.56 Å². The molecule has 0 heterocycles. The first kappa shape index (κ1) is 16.5. The second kappa shape index (κ2) is 8.60. The highest BCUT2D eigenvalue weighted by Crippen LogP contribution is 2.33. The van der Waals surface area contributed by atoms with Gasteiger partial charge in [-0.3, -0.25) is 0 Å². The fourth-order valence-electron chi connectivity index (χ4n) is 1.87. The van der Waals surface area contributed by atoms with Gasteiger partial charge in [0, 0.05) is 5.56 Å². The van der Waals surface area contributed by atoms with Gasteiger partial charge in [0.15, 0.2) is 11.5 Å². The zero-order valence-corrected chi connectivity index (χ0v) is 13.9. The number of hydrogen-bond acceptors (Lipinski definition) is 3. The third-order valence-corrected chi connectivity index (χ3v) is 3.82. The molecule has 1 aromatic rings. The molecule has 1 atom stereocenters. The maximum atomic E-state index is 9.20. The Hall–Kier alpha value is -0.530. The summed E-state index contributed by atoms with van der Waals surface area (Å²) in [4.78, 5) is 0. The van der Waals surface area contributed by atoms with E-state index in [2.05, 4.69) is 40.9 Å². The summed E-state index contributed by atoms with van der Waals surface area (Å²) in [5.74, 6) is 1.58. The van der Waals surface area contributed by atoms with Crippen LogP contribution in [0.2, 0.25) is 0 Å². The molecular weight excluding hydrogens is 357 g/mol. The average molecular weight is 380 g/mol. The molecule has 5 heteroatoms. The zero-order chi connectivity index (χ0) is 14.3. The zero-order valence-electron chi connectivity index (χ0n) is 11.8. The molecule has 0 amide bonds. The average Bonchev–Trinajstić information content (AvgIpc) is 2.40. The minimum Gasteiger partial charge on any atom is -0.492 e. The van der Waals surface area contributed by atoms with Crippen molar-refractivity contribution in [3.63, 3.8) is 0 Å². The van der Waals surface area contributed by atoms with E-state index in [0.717, 1.165) is 28.0 Å². The van der Waals surface area contributed by atoms with Crippen molar-refractivity contribution in [1.29, 1.82) is 0 Å². The highest BCUT2D eigenvalue weighted by Gasteiger charge is 2.13. The minimum absolute atomic E-state index is 0.210. The van der Waals surface area contributed by atoms with Crippen molar-refractivity contribution in [1.82, 2.24) is 0 Å². The molecule has 0 radical (unpaired) electrons. The van der Waals surface area contributed by atoms with Gasteiger partial charge in [0.1, 0.15) is 12.6 Å². The van der Waals surface area contributed by atoms with Crippen molar-refractivity contribution < 1.29 is 19.9 Å². The molecule has 19 heavy (non-hydrogen) atoms. The van der Waals surface area contributed by atoms with Gasteiger partial charge in [0.25, 0.3) is 0 Å². The Bertz CT molecular complexity index is 395. The molecule has 4 nitrogen and oxygen atoms in total. The predicted octanol–water partition coefficient (Wildman–Crippen LogP) is 1.53. The van der Waals surface area contributed by atoms with Crippen molar-refractivity contribution in [2.24, 2.45) is 0 Å². The second-order valence-corrected chi connectivity index (χ2v) is 5.49. The summed E-state index contributed by atoms with van der Waals surface area (Å²) in [6.45, 7) is 5.71. The lowest BCUT2D eigenvalue weighted by Gasteiger charge is -2.14. The first-order valence-electron chi connectivity index (χ1n) is 6.59. The highest BCUT2D eigenvalue weighted by molar-refractivity contribution is 14.1. The van der Waals surface area contributed by atoms with Gasteiger partial charge in [-0.05, 0) is 48.1 Å². The fourth-order valence-corrected chi connectivity index (χ4v) is 2.76. The molecule has 0 fully saturated rings. The molecule has 0 bridgehead atoms. The minimum atomic E-state index is 0.210. The summed E-state index contributed by atoms with van der Waals surface area (Å²) in [7, 11) is 1.66. The van der Waals surface area contributed by atoms with Gasteiger partial charge in [0.2, 0.25) is 0 Å². The SMILES string of the molecule is CCOc1cc(C[NH2+][C@@H](CC)CO)cc(I)c1OC. The molecule has 1 aromatic carbocycles.